The van der Waals surface area contributed by atoms with Crippen molar-refractivity contribution < 1.29 is 14.3 Å². The summed E-state index contributed by atoms with van der Waals surface area (Å²) in [5.74, 6) is -0.122. The molecule has 0 saturated carbocycles. The van der Waals surface area contributed by atoms with E-state index in [1.807, 2.05) is 45.0 Å². The van der Waals surface area contributed by atoms with Crippen molar-refractivity contribution in [1.82, 2.24) is 9.97 Å². The third-order valence-corrected chi connectivity index (χ3v) is 6.04. The van der Waals surface area contributed by atoms with Crippen molar-refractivity contribution in [2.75, 3.05) is 17.7 Å². The summed E-state index contributed by atoms with van der Waals surface area (Å²) in [5.41, 5.74) is 5.76. The summed E-state index contributed by atoms with van der Waals surface area (Å²) in [6, 6.07) is 14.4. The van der Waals surface area contributed by atoms with Gasteiger partial charge in [-0.05, 0) is 61.7 Å². The monoisotopic (exact) mass is 476 g/mol. The predicted octanol–water partition coefficient (Wildman–Crippen LogP) is 5.79. The van der Waals surface area contributed by atoms with Crippen molar-refractivity contribution in [3.63, 3.8) is 0 Å². The van der Waals surface area contributed by atoms with Gasteiger partial charge in [0, 0.05) is 18.5 Å². The van der Waals surface area contributed by atoms with Gasteiger partial charge in [0.1, 0.15) is 17.9 Å². The molecular formula is C26H25ClN4O3. The van der Waals surface area contributed by atoms with Gasteiger partial charge in [-0.15, -0.1) is 0 Å². The first-order valence-corrected chi connectivity index (χ1v) is 11.1. The molecule has 0 aliphatic heterocycles. The van der Waals surface area contributed by atoms with E-state index in [1.54, 1.807) is 31.4 Å². The molecule has 7 nitrogen and oxygen atoms in total. The van der Waals surface area contributed by atoms with E-state index in [0.29, 0.717) is 44.4 Å². The molecule has 0 aliphatic carbocycles. The second kappa shape index (κ2) is 9.67. The van der Waals surface area contributed by atoms with E-state index < -0.39 is 0 Å². The number of aromatic amines is 1. The molecule has 1 aromatic heterocycles. The zero-order chi connectivity index (χ0) is 24.4. The number of rotatable bonds is 6. The lowest BCUT2D eigenvalue weighted by molar-refractivity contribution is 0.101. The minimum absolute atomic E-state index is 0.257. The molecular weight excluding hydrogens is 452 g/mol. The van der Waals surface area contributed by atoms with Crippen LogP contribution in [0.1, 0.15) is 43.2 Å². The topological polar surface area (TPSA) is 96.1 Å². The molecule has 0 fully saturated rings. The minimum atomic E-state index is -0.361. The molecule has 4 rings (SSSR count). The third kappa shape index (κ3) is 4.66. The number of carbonyl (C=O) groups excluding carboxylic acids is 2. The molecule has 3 aromatic carbocycles. The first-order valence-electron chi connectivity index (χ1n) is 10.7. The average molecular weight is 477 g/mol. The molecule has 0 saturated heterocycles. The van der Waals surface area contributed by atoms with E-state index in [0.717, 1.165) is 16.7 Å². The molecule has 0 spiro atoms. The van der Waals surface area contributed by atoms with E-state index in [1.165, 1.54) is 0 Å². The van der Waals surface area contributed by atoms with Gasteiger partial charge in [-0.1, -0.05) is 35.9 Å². The van der Waals surface area contributed by atoms with Crippen molar-refractivity contribution in [2.45, 2.75) is 27.4 Å². The summed E-state index contributed by atoms with van der Waals surface area (Å²) in [7, 11) is 1.57. The number of imidazole rings is 1. The van der Waals surface area contributed by atoms with Crippen molar-refractivity contribution in [1.29, 1.82) is 0 Å². The maximum Gasteiger partial charge on any atom is 0.258 e. The summed E-state index contributed by atoms with van der Waals surface area (Å²) < 4.78 is 5.18. The number of ether oxygens (including phenoxy) is 1. The van der Waals surface area contributed by atoms with Gasteiger partial charge in [-0.3, -0.25) is 9.59 Å². The number of nitrogens with one attached hydrogen (secondary N) is 3. The van der Waals surface area contributed by atoms with Gasteiger partial charge < -0.3 is 20.4 Å². The van der Waals surface area contributed by atoms with Gasteiger partial charge in [0.15, 0.2) is 0 Å². The van der Waals surface area contributed by atoms with E-state index in [-0.39, 0.29) is 18.4 Å². The second-order valence-corrected chi connectivity index (χ2v) is 8.53. The van der Waals surface area contributed by atoms with Gasteiger partial charge in [0.2, 0.25) is 0 Å². The zero-order valence-electron chi connectivity index (χ0n) is 19.4. The van der Waals surface area contributed by atoms with Gasteiger partial charge in [0.05, 0.1) is 21.7 Å². The number of amides is 2. The van der Waals surface area contributed by atoms with Gasteiger partial charge in [-0.2, -0.15) is 0 Å². The highest BCUT2D eigenvalue weighted by Crippen LogP contribution is 2.27. The van der Waals surface area contributed by atoms with Crippen molar-refractivity contribution in [2.24, 2.45) is 0 Å². The van der Waals surface area contributed by atoms with Crippen LogP contribution in [0.25, 0.3) is 11.0 Å². The van der Waals surface area contributed by atoms with Crippen molar-refractivity contribution in [3.8, 4) is 0 Å². The number of anilines is 2. The Morgan fingerprint density at radius 3 is 2.47 bits per heavy atom. The molecule has 34 heavy (non-hydrogen) atoms. The highest BCUT2D eigenvalue weighted by molar-refractivity contribution is 6.34. The number of H-pyrrole nitrogens is 1. The average Bonchev–Trinajstić information content (AvgIpc) is 3.19. The van der Waals surface area contributed by atoms with E-state index >= 15 is 0 Å². The number of methoxy groups -OCH3 is 1. The summed E-state index contributed by atoms with van der Waals surface area (Å²) in [5, 5.41) is 6.20. The number of fused-ring (bicyclic) bond motifs is 1. The number of carbonyl (C=O) groups is 2. The fourth-order valence-electron chi connectivity index (χ4n) is 3.81. The van der Waals surface area contributed by atoms with E-state index in [9.17, 15) is 9.59 Å². The Balaban J connectivity index is 1.75. The first-order chi connectivity index (χ1) is 16.3. The molecule has 174 valence electrons. The maximum atomic E-state index is 13.3. The number of aromatic nitrogens is 2. The van der Waals surface area contributed by atoms with Crippen LogP contribution in [0, 0.1) is 20.8 Å². The Hall–Kier alpha value is -3.68. The molecule has 0 atom stereocenters. The van der Waals surface area contributed by atoms with Crippen LogP contribution in [0.4, 0.5) is 11.4 Å². The third-order valence-electron chi connectivity index (χ3n) is 5.72. The van der Waals surface area contributed by atoms with E-state index in [2.05, 4.69) is 20.6 Å². The number of hydrogen-bond donors (Lipinski definition) is 3. The Morgan fingerprint density at radius 2 is 1.74 bits per heavy atom. The van der Waals surface area contributed by atoms with E-state index in [4.69, 9.17) is 16.3 Å². The Kier molecular flexibility index (Phi) is 6.68. The summed E-state index contributed by atoms with van der Waals surface area (Å²) in [6.07, 6.45) is 0. The second-order valence-electron chi connectivity index (χ2n) is 8.12. The molecule has 2 amide bonds. The quantitative estimate of drug-likeness (QED) is 0.328. The molecule has 0 radical (unpaired) electrons. The number of halogens is 1. The van der Waals surface area contributed by atoms with Gasteiger partial charge in [0.25, 0.3) is 11.8 Å². The first kappa shape index (κ1) is 23.5. The molecule has 0 unspecified atom stereocenters. The van der Waals surface area contributed by atoms with Crippen LogP contribution in [-0.4, -0.2) is 28.9 Å². The molecule has 8 heteroatoms. The van der Waals surface area contributed by atoms with Gasteiger partial charge in [-0.25, -0.2) is 4.98 Å². The highest BCUT2D eigenvalue weighted by atomic mass is 35.5. The summed E-state index contributed by atoms with van der Waals surface area (Å²) in [4.78, 5) is 34.1. The minimum Gasteiger partial charge on any atom is -0.377 e. The standard InChI is InChI=1S/C26H25ClN4O3/c1-14-7-6-10-20(16(14)3)30-25(32)18-11-17(12-21-24(18)31-22(29-21)13-34-4)28-26(33)23-15(2)8-5-9-19(23)27/h5-12H,13H2,1-4H3,(H,28,33)(H,29,31)(H,30,32). The molecule has 1 heterocycles. The Bertz CT molecular complexity index is 1390. The van der Waals surface area contributed by atoms with Crippen LogP contribution in [-0.2, 0) is 11.3 Å². The lowest BCUT2D eigenvalue weighted by Gasteiger charge is -2.13. The maximum absolute atomic E-state index is 13.3. The molecule has 0 aliphatic rings. The fourth-order valence-corrected chi connectivity index (χ4v) is 4.12. The number of aryl methyl sites for hydroxylation is 2. The largest absolute Gasteiger partial charge is 0.377 e. The van der Waals surface area contributed by atoms with Crippen LogP contribution in [0.5, 0.6) is 0 Å². The van der Waals surface area contributed by atoms with Crippen molar-refractivity contribution in [3.05, 3.63) is 87.2 Å². The Morgan fingerprint density at radius 1 is 1.00 bits per heavy atom. The lowest BCUT2D eigenvalue weighted by Crippen LogP contribution is -2.17. The van der Waals surface area contributed by atoms with Crippen LogP contribution >= 0.6 is 11.6 Å². The highest BCUT2D eigenvalue weighted by Gasteiger charge is 2.19. The number of nitrogens with zero attached hydrogens (tertiary/aromatic N) is 1. The van der Waals surface area contributed by atoms with Crippen LogP contribution in [0.3, 0.4) is 0 Å². The lowest BCUT2D eigenvalue weighted by atomic mass is 10.1. The summed E-state index contributed by atoms with van der Waals surface area (Å²) >= 11 is 6.27. The molecule has 0 bridgehead atoms. The predicted molar refractivity (Wildman–Crippen MR) is 135 cm³/mol. The van der Waals surface area contributed by atoms with Crippen LogP contribution < -0.4 is 10.6 Å². The molecule has 4 aromatic rings. The molecule has 3 N–H and O–H groups in total. The zero-order valence-corrected chi connectivity index (χ0v) is 20.1. The van der Waals surface area contributed by atoms with Crippen molar-refractivity contribution >= 4 is 45.8 Å². The summed E-state index contributed by atoms with van der Waals surface area (Å²) in [6.45, 7) is 6.02. The normalized spacial score (nSPS) is 11.0. The SMILES string of the molecule is COCc1nc2c(C(=O)Nc3cccc(C)c3C)cc(NC(=O)c3c(C)cccc3Cl)cc2[nH]1. The fraction of sp³-hybridized carbons (Fsp3) is 0.192. The van der Waals surface area contributed by atoms with Crippen LogP contribution in [0.2, 0.25) is 5.02 Å². The number of benzene rings is 3. The van der Waals surface area contributed by atoms with Gasteiger partial charge >= 0.3 is 0 Å². The smallest absolute Gasteiger partial charge is 0.258 e. The number of hydrogen-bond acceptors (Lipinski definition) is 4. The Labute approximate surface area is 202 Å². The van der Waals surface area contributed by atoms with Crippen LogP contribution in [0.15, 0.2) is 48.5 Å².